The highest BCUT2D eigenvalue weighted by Crippen LogP contribution is 2.23. The SMILES string of the molecule is Cc1cc(C(=O)COC(=O)[C@H](C)N=C2NS(=O)(=O)c3ccccc32)c(C)s1. The average molecular weight is 406 g/mol. The minimum atomic E-state index is -3.68. The second kappa shape index (κ2) is 7.24. The summed E-state index contributed by atoms with van der Waals surface area (Å²) in [5.41, 5.74) is 0.944. The maximum absolute atomic E-state index is 12.2. The van der Waals surface area contributed by atoms with E-state index >= 15 is 0 Å². The Balaban J connectivity index is 1.69. The van der Waals surface area contributed by atoms with Crippen molar-refractivity contribution in [2.24, 2.45) is 4.99 Å². The van der Waals surface area contributed by atoms with Crippen molar-refractivity contribution in [3.8, 4) is 0 Å². The van der Waals surface area contributed by atoms with Crippen molar-refractivity contribution in [3.63, 3.8) is 0 Å². The topological polar surface area (TPSA) is 102 Å². The lowest BCUT2D eigenvalue weighted by atomic mass is 10.2. The fourth-order valence-corrected chi connectivity index (χ4v) is 4.90. The summed E-state index contributed by atoms with van der Waals surface area (Å²) in [7, 11) is -3.68. The number of Topliss-reactive ketones (excluding diaryl/α,β-unsaturated/α-hetero) is 1. The zero-order valence-electron chi connectivity index (χ0n) is 15.0. The van der Waals surface area contributed by atoms with Gasteiger partial charge in [0.15, 0.2) is 6.61 Å². The Morgan fingerprint density at radius 3 is 2.63 bits per heavy atom. The maximum atomic E-state index is 12.2. The third kappa shape index (κ3) is 3.93. The van der Waals surface area contributed by atoms with Crippen LogP contribution in [0.15, 0.2) is 40.2 Å². The molecule has 0 amide bonds. The number of thiophene rings is 1. The van der Waals surface area contributed by atoms with Gasteiger partial charge in [-0.25, -0.2) is 13.2 Å². The zero-order valence-corrected chi connectivity index (χ0v) is 16.6. The van der Waals surface area contributed by atoms with Crippen LogP contribution in [0.2, 0.25) is 0 Å². The molecule has 142 valence electrons. The highest BCUT2D eigenvalue weighted by molar-refractivity contribution is 7.90. The van der Waals surface area contributed by atoms with Gasteiger partial charge in [-0.05, 0) is 39.0 Å². The van der Waals surface area contributed by atoms with Gasteiger partial charge in [-0.2, -0.15) is 0 Å². The quantitative estimate of drug-likeness (QED) is 0.606. The number of carbonyl (C=O) groups is 2. The lowest BCUT2D eigenvalue weighted by molar-refractivity contribution is -0.143. The summed E-state index contributed by atoms with van der Waals surface area (Å²) in [5.74, 6) is -0.897. The molecule has 0 radical (unpaired) electrons. The van der Waals surface area contributed by atoms with Gasteiger partial charge in [0.1, 0.15) is 11.9 Å². The Morgan fingerprint density at radius 2 is 1.96 bits per heavy atom. The molecule has 0 bridgehead atoms. The number of hydrogen-bond acceptors (Lipinski definition) is 7. The minimum absolute atomic E-state index is 0.0886. The van der Waals surface area contributed by atoms with Crippen LogP contribution in [-0.4, -0.2) is 38.7 Å². The summed E-state index contributed by atoms with van der Waals surface area (Å²) in [6.07, 6.45) is 0. The Kier molecular flexibility index (Phi) is 5.16. The Bertz CT molecular complexity index is 1050. The second-order valence-electron chi connectivity index (χ2n) is 6.11. The van der Waals surface area contributed by atoms with Crippen molar-refractivity contribution in [1.29, 1.82) is 0 Å². The number of aliphatic imine (C=N–C) groups is 1. The van der Waals surface area contributed by atoms with Gasteiger partial charge in [0.2, 0.25) is 5.78 Å². The normalized spacial score (nSPS) is 17.2. The number of nitrogens with one attached hydrogen (secondary N) is 1. The second-order valence-corrected chi connectivity index (χ2v) is 9.22. The zero-order chi connectivity index (χ0) is 19.8. The van der Waals surface area contributed by atoms with Crippen molar-refractivity contribution in [2.75, 3.05) is 6.61 Å². The van der Waals surface area contributed by atoms with Crippen LogP contribution in [0.4, 0.5) is 0 Å². The first-order chi connectivity index (χ1) is 12.7. The molecule has 1 N–H and O–H groups in total. The molecule has 1 atom stereocenters. The van der Waals surface area contributed by atoms with E-state index in [0.717, 1.165) is 9.75 Å². The molecule has 0 saturated carbocycles. The molecule has 0 unspecified atom stereocenters. The number of benzene rings is 1. The Hall–Kier alpha value is -2.52. The predicted molar refractivity (Wildman–Crippen MR) is 102 cm³/mol. The van der Waals surface area contributed by atoms with E-state index in [0.29, 0.717) is 11.1 Å². The number of nitrogens with zero attached hydrogens (tertiary/aromatic N) is 1. The van der Waals surface area contributed by atoms with Crippen LogP contribution in [-0.2, 0) is 19.6 Å². The summed E-state index contributed by atoms with van der Waals surface area (Å²) in [4.78, 5) is 30.5. The lowest BCUT2D eigenvalue weighted by Crippen LogP contribution is -2.27. The number of hydrogen-bond donors (Lipinski definition) is 1. The summed E-state index contributed by atoms with van der Waals surface area (Å²) in [5, 5.41) is 0. The molecule has 0 fully saturated rings. The van der Waals surface area contributed by atoms with Crippen LogP contribution in [0, 0.1) is 13.8 Å². The largest absolute Gasteiger partial charge is 0.456 e. The van der Waals surface area contributed by atoms with E-state index in [1.807, 2.05) is 13.8 Å². The number of ether oxygens (including phenoxy) is 1. The minimum Gasteiger partial charge on any atom is -0.456 e. The smallest absolute Gasteiger partial charge is 0.331 e. The number of ketones is 1. The van der Waals surface area contributed by atoms with Crippen molar-refractivity contribution < 1.29 is 22.7 Å². The van der Waals surface area contributed by atoms with Gasteiger partial charge >= 0.3 is 5.97 Å². The molecule has 1 aliphatic rings. The molecule has 0 aliphatic carbocycles. The van der Waals surface area contributed by atoms with Crippen LogP contribution in [0.25, 0.3) is 0 Å². The third-order valence-electron chi connectivity index (χ3n) is 4.01. The van der Waals surface area contributed by atoms with Crippen molar-refractivity contribution in [1.82, 2.24) is 4.72 Å². The monoisotopic (exact) mass is 406 g/mol. The molecular weight excluding hydrogens is 388 g/mol. The number of carbonyl (C=O) groups excluding carboxylic acids is 2. The molecule has 1 aliphatic heterocycles. The third-order valence-corrected chi connectivity index (χ3v) is 6.38. The molecule has 1 aromatic carbocycles. The van der Waals surface area contributed by atoms with Crippen LogP contribution >= 0.6 is 11.3 Å². The van der Waals surface area contributed by atoms with E-state index in [2.05, 4.69) is 9.71 Å². The van der Waals surface area contributed by atoms with Crippen LogP contribution in [0.5, 0.6) is 0 Å². The first-order valence-corrected chi connectivity index (χ1v) is 10.5. The van der Waals surface area contributed by atoms with E-state index in [4.69, 9.17) is 4.74 Å². The number of fused-ring (bicyclic) bond motifs is 1. The lowest BCUT2D eigenvalue weighted by Gasteiger charge is -2.08. The van der Waals surface area contributed by atoms with Gasteiger partial charge in [-0.1, -0.05) is 12.1 Å². The standard InChI is InChI=1S/C18H18N2O5S2/c1-10-8-14(12(3)26-10)15(21)9-25-18(22)11(2)19-17-13-6-4-5-7-16(13)27(23,24)20-17/h4-8,11H,9H2,1-3H3,(H,19,20)/t11-/m0/s1. The molecule has 3 rings (SSSR count). The maximum Gasteiger partial charge on any atom is 0.331 e. The summed E-state index contributed by atoms with van der Waals surface area (Å²) >= 11 is 1.50. The summed E-state index contributed by atoms with van der Waals surface area (Å²) in [6.45, 7) is 4.84. The van der Waals surface area contributed by atoms with Gasteiger partial charge in [0, 0.05) is 20.9 Å². The number of aryl methyl sites for hydroxylation is 2. The van der Waals surface area contributed by atoms with E-state index in [1.54, 1.807) is 24.3 Å². The summed E-state index contributed by atoms with van der Waals surface area (Å²) < 4.78 is 31.5. The van der Waals surface area contributed by atoms with E-state index < -0.39 is 22.0 Å². The molecular formula is C18H18N2O5S2. The molecule has 7 nitrogen and oxygen atoms in total. The molecule has 1 aromatic heterocycles. The van der Waals surface area contributed by atoms with Gasteiger partial charge in [-0.15, -0.1) is 11.3 Å². The van der Waals surface area contributed by atoms with Gasteiger partial charge < -0.3 is 4.74 Å². The number of sulfonamides is 1. The fraction of sp³-hybridized carbons (Fsp3) is 0.278. The summed E-state index contributed by atoms with van der Waals surface area (Å²) in [6, 6.07) is 7.17. The van der Waals surface area contributed by atoms with Crippen molar-refractivity contribution in [3.05, 3.63) is 51.2 Å². The number of esters is 1. The predicted octanol–water partition coefficient (Wildman–Crippen LogP) is 2.22. The van der Waals surface area contributed by atoms with Crippen LogP contribution in [0.1, 0.15) is 32.6 Å². The Morgan fingerprint density at radius 1 is 1.26 bits per heavy atom. The number of amidine groups is 1. The fourth-order valence-electron chi connectivity index (χ4n) is 2.72. The van der Waals surface area contributed by atoms with Gasteiger partial charge in [0.25, 0.3) is 10.0 Å². The van der Waals surface area contributed by atoms with E-state index in [1.165, 1.54) is 24.3 Å². The first-order valence-electron chi connectivity index (χ1n) is 8.16. The molecule has 27 heavy (non-hydrogen) atoms. The first kappa shape index (κ1) is 19.2. The highest BCUT2D eigenvalue weighted by Gasteiger charge is 2.31. The molecule has 9 heteroatoms. The Labute approximate surface area is 161 Å². The molecule has 0 spiro atoms. The van der Waals surface area contributed by atoms with E-state index in [9.17, 15) is 18.0 Å². The van der Waals surface area contributed by atoms with Crippen molar-refractivity contribution >= 4 is 38.9 Å². The number of rotatable bonds is 5. The highest BCUT2D eigenvalue weighted by atomic mass is 32.2. The van der Waals surface area contributed by atoms with Crippen LogP contribution < -0.4 is 4.72 Å². The molecule has 2 heterocycles. The van der Waals surface area contributed by atoms with E-state index in [-0.39, 0.29) is 23.1 Å². The molecule has 2 aromatic rings. The molecule has 0 saturated heterocycles. The van der Waals surface area contributed by atoms with Crippen LogP contribution in [0.3, 0.4) is 0 Å². The average Bonchev–Trinajstić information content (AvgIpc) is 3.08. The van der Waals surface area contributed by atoms with Crippen molar-refractivity contribution in [2.45, 2.75) is 31.7 Å². The van der Waals surface area contributed by atoms with Gasteiger partial charge in [-0.3, -0.25) is 14.5 Å². The van der Waals surface area contributed by atoms with Gasteiger partial charge in [0.05, 0.1) is 4.90 Å².